The highest BCUT2D eigenvalue weighted by Gasteiger charge is 2.38. The number of aromatic nitrogens is 4. The van der Waals surface area contributed by atoms with Crippen LogP contribution in [0, 0.1) is 5.92 Å². The summed E-state index contributed by atoms with van der Waals surface area (Å²) in [4.78, 5) is 22.3. The van der Waals surface area contributed by atoms with Crippen LogP contribution in [0.15, 0.2) is 35.9 Å². The Morgan fingerprint density at radius 2 is 2.38 bits per heavy atom. The summed E-state index contributed by atoms with van der Waals surface area (Å²) < 4.78 is 7.37. The predicted molar refractivity (Wildman–Crippen MR) is 76.4 cm³/mol. The van der Waals surface area contributed by atoms with Gasteiger partial charge in [-0.05, 0) is 5.57 Å². The monoisotopic (exact) mass is 289 g/mol. The molecule has 1 saturated heterocycles. The number of hydrogen-bond acceptors (Lipinski definition) is 6. The van der Waals surface area contributed by atoms with Gasteiger partial charge < -0.3 is 15.6 Å². The standard InChI is InChI=1S/C13H15N5O3/c1-3-7-6(2)8(4-19)21-12(7)18-5-15-9-10(18)16-13(14)17-11(9)20/h3,5,7-8,12,19H,1-2,4H2,(H3,14,16,17,20). The number of imidazole rings is 1. The molecule has 3 unspecified atom stereocenters. The molecule has 8 heteroatoms. The molecule has 0 aliphatic carbocycles. The van der Waals surface area contributed by atoms with E-state index in [4.69, 9.17) is 10.5 Å². The molecule has 21 heavy (non-hydrogen) atoms. The summed E-state index contributed by atoms with van der Waals surface area (Å²) in [5.74, 6) is -0.221. The number of aromatic amines is 1. The maximum atomic E-state index is 11.8. The SMILES string of the molecule is C=CC1C(=C)C(CO)OC1n1cnc2c(=O)[nH]c(N)nc21. The number of H-pyrrole nitrogens is 1. The number of nitrogens with one attached hydrogen (secondary N) is 1. The van der Waals surface area contributed by atoms with Gasteiger partial charge in [0.15, 0.2) is 11.2 Å². The highest BCUT2D eigenvalue weighted by Crippen LogP contribution is 2.39. The zero-order chi connectivity index (χ0) is 15.1. The number of anilines is 1. The molecule has 3 rings (SSSR count). The summed E-state index contributed by atoms with van der Waals surface area (Å²) in [6.45, 7) is 7.52. The van der Waals surface area contributed by atoms with E-state index < -0.39 is 17.9 Å². The van der Waals surface area contributed by atoms with Crippen molar-refractivity contribution >= 4 is 17.1 Å². The molecule has 0 radical (unpaired) electrons. The molecule has 0 saturated carbocycles. The molecule has 110 valence electrons. The molecule has 3 heterocycles. The van der Waals surface area contributed by atoms with Gasteiger partial charge in [0.25, 0.3) is 5.56 Å². The Hall–Kier alpha value is -2.45. The summed E-state index contributed by atoms with van der Waals surface area (Å²) >= 11 is 0. The lowest BCUT2D eigenvalue weighted by molar-refractivity contribution is -0.0229. The maximum absolute atomic E-state index is 11.8. The molecule has 0 spiro atoms. The number of rotatable bonds is 3. The number of ether oxygens (including phenoxy) is 1. The van der Waals surface area contributed by atoms with E-state index in [1.54, 1.807) is 10.6 Å². The number of aliphatic hydroxyl groups is 1. The van der Waals surface area contributed by atoms with Gasteiger partial charge in [-0.3, -0.25) is 14.3 Å². The Balaban J connectivity index is 2.14. The molecular weight excluding hydrogens is 274 g/mol. The fraction of sp³-hybridized carbons (Fsp3) is 0.308. The molecule has 0 aromatic carbocycles. The van der Waals surface area contributed by atoms with Gasteiger partial charge in [-0.2, -0.15) is 4.98 Å². The van der Waals surface area contributed by atoms with E-state index in [1.807, 2.05) is 0 Å². The van der Waals surface area contributed by atoms with Crippen molar-refractivity contribution in [1.82, 2.24) is 19.5 Å². The zero-order valence-corrected chi connectivity index (χ0v) is 11.2. The van der Waals surface area contributed by atoms with Crippen LogP contribution in [0.3, 0.4) is 0 Å². The number of aliphatic hydroxyl groups excluding tert-OH is 1. The molecule has 3 atom stereocenters. The van der Waals surface area contributed by atoms with E-state index in [1.165, 1.54) is 6.33 Å². The molecule has 1 fully saturated rings. The zero-order valence-electron chi connectivity index (χ0n) is 11.2. The van der Waals surface area contributed by atoms with Crippen molar-refractivity contribution in [2.24, 2.45) is 5.92 Å². The lowest BCUT2D eigenvalue weighted by Gasteiger charge is -2.17. The van der Waals surface area contributed by atoms with Gasteiger partial charge in [0.05, 0.1) is 12.9 Å². The average Bonchev–Trinajstić information content (AvgIpc) is 2.99. The van der Waals surface area contributed by atoms with Gasteiger partial charge >= 0.3 is 0 Å². The maximum Gasteiger partial charge on any atom is 0.280 e. The van der Waals surface area contributed by atoms with Gasteiger partial charge in [-0.15, -0.1) is 6.58 Å². The molecule has 2 aromatic heterocycles. The first kappa shape index (κ1) is 13.5. The normalized spacial score (nSPS) is 25.6. The number of hydrogen-bond donors (Lipinski definition) is 3. The number of fused-ring (bicyclic) bond motifs is 1. The van der Waals surface area contributed by atoms with Crippen LogP contribution in [-0.2, 0) is 4.74 Å². The van der Waals surface area contributed by atoms with Crippen LogP contribution in [0.25, 0.3) is 11.2 Å². The minimum atomic E-state index is -0.522. The predicted octanol–water partition coefficient (Wildman–Crippen LogP) is -0.0501. The number of nitrogens with zero attached hydrogens (tertiary/aromatic N) is 3. The topological polar surface area (TPSA) is 119 Å². The molecule has 4 N–H and O–H groups in total. The van der Waals surface area contributed by atoms with Crippen LogP contribution in [0.4, 0.5) is 5.95 Å². The minimum Gasteiger partial charge on any atom is -0.393 e. The fourth-order valence-corrected chi connectivity index (χ4v) is 2.53. The first-order chi connectivity index (χ1) is 10.1. The second-order valence-electron chi connectivity index (χ2n) is 4.81. The van der Waals surface area contributed by atoms with Gasteiger partial charge in [0.1, 0.15) is 12.3 Å². The quantitative estimate of drug-likeness (QED) is 0.682. The van der Waals surface area contributed by atoms with Crippen LogP contribution in [0.1, 0.15) is 6.23 Å². The lowest BCUT2D eigenvalue weighted by Crippen LogP contribution is -2.17. The first-order valence-electron chi connectivity index (χ1n) is 6.36. The number of nitrogen functional groups attached to an aromatic ring is 1. The minimum absolute atomic E-state index is 0.0000604. The Morgan fingerprint density at radius 1 is 1.62 bits per heavy atom. The Labute approximate surface area is 119 Å². The highest BCUT2D eigenvalue weighted by molar-refractivity contribution is 5.70. The van der Waals surface area contributed by atoms with Crippen LogP contribution >= 0.6 is 0 Å². The van der Waals surface area contributed by atoms with E-state index in [0.29, 0.717) is 5.65 Å². The van der Waals surface area contributed by atoms with Crippen molar-refractivity contribution in [1.29, 1.82) is 0 Å². The summed E-state index contributed by atoms with van der Waals surface area (Å²) in [5.41, 5.74) is 6.37. The smallest absolute Gasteiger partial charge is 0.280 e. The molecule has 8 nitrogen and oxygen atoms in total. The van der Waals surface area contributed by atoms with Gasteiger partial charge in [0, 0.05) is 5.92 Å². The summed E-state index contributed by atoms with van der Waals surface area (Å²) in [6.07, 6.45) is 2.13. The van der Waals surface area contributed by atoms with Crippen LogP contribution < -0.4 is 11.3 Å². The summed E-state index contributed by atoms with van der Waals surface area (Å²) in [5, 5.41) is 9.33. The van der Waals surface area contributed by atoms with Crippen molar-refractivity contribution in [3.63, 3.8) is 0 Å². The Morgan fingerprint density at radius 3 is 3.05 bits per heavy atom. The Kier molecular flexibility index (Phi) is 3.11. The third-order valence-electron chi connectivity index (χ3n) is 3.60. The van der Waals surface area contributed by atoms with E-state index >= 15 is 0 Å². The fourth-order valence-electron chi connectivity index (χ4n) is 2.53. The van der Waals surface area contributed by atoms with Gasteiger partial charge in [-0.1, -0.05) is 12.7 Å². The summed E-state index contributed by atoms with van der Waals surface area (Å²) in [6, 6.07) is 0. The van der Waals surface area contributed by atoms with Crippen LogP contribution in [0.2, 0.25) is 0 Å². The van der Waals surface area contributed by atoms with Crippen LogP contribution in [0.5, 0.6) is 0 Å². The van der Waals surface area contributed by atoms with Gasteiger partial charge in [-0.25, -0.2) is 4.98 Å². The van der Waals surface area contributed by atoms with Crippen molar-refractivity contribution in [2.75, 3.05) is 12.3 Å². The number of nitrogens with two attached hydrogens (primary N) is 1. The lowest BCUT2D eigenvalue weighted by atomic mass is 9.98. The van der Waals surface area contributed by atoms with Crippen molar-refractivity contribution in [2.45, 2.75) is 12.3 Å². The molecular formula is C13H15N5O3. The summed E-state index contributed by atoms with van der Waals surface area (Å²) in [7, 11) is 0. The highest BCUT2D eigenvalue weighted by atomic mass is 16.5. The average molecular weight is 289 g/mol. The van der Waals surface area contributed by atoms with Crippen LogP contribution in [-0.4, -0.2) is 37.3 Å². The molecule has 1 aliphatic rings. The third-order valence-corrected chi connectivity index (χ3v) is 3.60. The second kappa shape index (κ2) is 4.83. The third kappa shape index (κ3) is 1.96. The molecule has 1 aliphatic heterocycles. The van der Waals surface area contributed by atoms with Crippen molar-refractivity contribution in [3.8, 4) is 0 Å². The Bertz CT molecular complexity index is 778. The molecule has 0 bridgehead atoms. The molecule has 0 amide bonds. The van der Waals surface area contributed by atoms with E-state index in [9.17, 15) is 9.90 Å². The van der Waals surface area contributed by atoms with E-state index in [0.717, 1.165) is 5.57 Å². The molecule has 2 aromatic rings. The largest absolute Gasteiger partial charge is 0.393 e. The van der Waals surface area contributed by atoms with Crippen molar-refractivity contribution in [3.05, 3.63) is 41.5 Å². The van der Waals surface area contributed by atoms with Gasteiger partial charge in [0.2, 0.25) is 5.95 Å². The van der Waals surface area contributed by atoms with Crippen molar-refractivity contribution < 1.29 is 9.84 Å². The van der Waals surface area contributed by atoms with E-state index in [2.05, 4.69) is 28.1 Å². The first-order valence-corrected chi connectivity index (χ1v) is 6.36. The second-order valence-corrected chi connectivity index (χ2v) is 4.81. The van der Waals surface area contributed by atoms with E-state index in [-0.39, 0.29) is 24.0 Å².